The first-order chi connectivity index (χ1) is 14.1. The van der Waals surface area contributed by atoms with Crippen molar-refractivity contribution >= 4 is 45.0 Å². The van der Waals surface area contributed by atoms with Gasteiger partial charge in [0, 0.05) is 25.2 Å². The molecule has 7 nitrogen and oxygen atoms in total. The van der Waals surface area contributed by atoms with Crippen LogP contribution in [0.25, 0.3) is 10.2 Å². The second kappa shape index (κ2) is 9.97. The third kappa shape index (κ3) is 5.13. The Morgan fingerprint density at radius 2 is 1.80 bits per heavy atom. The van der Waals surface area contributed by atoms with Gasteiger partial charge in [-0.2, -0.15) is 0 Å². The minimum atomic E-state index is -0.132. The van der Waals surface area contributed by atoms with Gasteiger partial charge in [0.1, 0.15) is 19.0 Å². The van der Waals surface area contributed by atoms with Crippen LogP contribution in [0.4, 0.5) is 5.13 Å². The molecule has 0 saturated heterocycles. The van der Waals surface area contributed by atoms with E-state index < -0.39 is 0 Å². The summed E-state index contributed by atoms with van der Waals surface area (Å²) in [7, 11) is 3.95. The zero-order valence-electron chi connectivity index (χ0n) is 16.9. The van der Waals surface area contributed by atoms with Crippen LogP contribution < -0.4 is 19.1 Å². The van der Waals surface area contributed by atoms with Gasteiger partial charge >= 0.3 is 0 Å². The monoisotopic (exact) mass is 449 g/mol. The number of ether oxygens (including phenoxy) is 3. The van der Waals surface area contributed by atoms with Gasteiger partial charge in [-0.3, -0.25) is 9.69 Å². The van der Waals surface area contributed by atoms with E-state index in [2.05, 4.69) is 4.98 Å². The van der Waals surface area contributed by atoms with Crippen LogP contribution in [-0.4, -0.2) is 62.8 Å². The zero-order valence-corrected chi connectivity index (χ0v) is 18.5. The van der Waals surface area contributed by atoms with Gasteiger partial charge in [0.05, 0.1) is 10.2 Å². The van der Waals surface area contributed by atoms with Crippen LogP contribution in [0.2, 0.25) is 0 Å². The minimum Gasteiger partial charge on any atom is -0.486 e. The Balaban J connectivity index is 0.00000256. The SMILES string of the molecule is CN(C)CCN(C(=O)COc1ccccc1)c1nc2cc3c(cc2s1)OCCO3.Cl. The first-order valence-electron chi connectivity index (χ1n) is 9.43. The number of hydrogen-bond acceptors (Lipinski definition) is 7. The van der Waals surface area contributed by atoms with Gasteiger partial charge in [0.2, 0.25) is 0 Å². The number of amides is 1. The maximum atomic E-state index is 13.0. The van der Waals surface area contributed by atoms with Crippen LogP contribution >= 0.6 is 23.7 Å². The Morgan fingerprint density at radius 3 is 2.50 bits per heavy atom. The van der Waals surface area contributed by atoms with E-state index in [4.69, 9.17) is 14.2 Å². The number of halogens is 1. The number of aromatic nitrogens is 1. The normalized spacial score (nSPS) is 12.5. The number of benzene rings is 2. The van der Waals surface area contributed by atoms with Crippen molar-refractivity contribution in [2.45, 2.75) is 0 Å². The summed E-state index contributed by atoms with van der Waals surface area (Å²) in [6.45, 7) is 2.26. The molecule has 1 aliphatic rings. The highest BCUT2D eigenvalue weighted by atomic mass is 35.5. The van der Waals surface area contributed by atoms with E-state index in [-0.39, 0.29) is 24.9 Å². The number of carbonyl (C=O) groups is 1. The average Bonchev–Trinajstić information content (AvgIpc) is 3.13. The molecular weight excluding hydrogens is 426 g/mol. The lowest BCUT2D eigenvalue weighted by atomic mass is 10.3. The van der Waals surface area contributed by atoms with Crippen molar-refractivity contribution in [3.63, 3.8) is 0 Å². The molecule has 0 bridgehead atoms. The summed E-state index contributed by atoms with van der Waals surface area (Å²) in [4.78, 5) is 21.4. The molecule has 30 heavy (non-hydrogen) atoms. The minimum absolute atomic E-state index is 0. The van der Waals surface area contributed by atoms with Crippen molar-refractivity contribution in [1.29, 1.82) is 0 Å². The van der Waals surface area contributed by atoms with E-state index in [1.54, 1.807) is 4.90 Å². The third-order valence-corrected chi connectivity index (χ3v) is 5.49. The van der Waals surface area contributed by atoms with Crippen molar-refractivity contribution in [1.82, 2.24) is 9.88 Å². The first kappa shape index (κ1) is 22.1. The second-order valence-corrected chi connectivity index (χ2v) is 7.92. The molecule has 0 N–H and O–H groups in total. The fraction of sp³-hybridized carbons (Fsp3) is 0.333. The molecule has 0 aliphatic carbocycles. The van der Waals surface area contributed by atoms with Crippen LogP contribution in [0, 0.1) is 0 Å². The highest BCUT2D eigenvalue weighted by Gasteiger charge is 2.22. The Kier molecular flexibility index (Phi) is 7.36. The van der Waals surface area contributed by atoms with E-state index in [0.29, 0.717) is 36.4 Å². The molecule has 2 heterocycles. The second-order valence-electron chi connectivity index (χ2n) is 6.91. The van der Waals surface area contributed by atoms with Gasteiger partial charge in [-0.25, -0.2) is 4.98 Å². The number of likely N-dealkylation sites (N-methyl/N-ethyl adjacent to an activating group) is 1. The van der Waals surface area contributed by atoms with Crippen molar-refractivity contribution in [3.8, 4) is 17.2 Å². The first-order valence-corrected chi connectivity index (χ1v) is 10.2. The number of thiazole rings is 1. The molecule has 2 aromatic carbocycles. The number of carbonyl (C=O) groups excluding carboxylic acids is 1. The molecule has 1 amide bonds. The highest BCUT2D eigenvalue weighted by molar-refractivity contribution is 7.22. The standard InChI is InChI=1S/C21H23N3O4S.ClH/c1-23(2)8-9-24(20(25)14-28-15-6-4-3-5-7-15)21-22-16-12-17-18(13-19(16)29-21)27-11-10-26-17;/h3-7,12-13H,8-11,14H2,1-2H3;1H. The molecule has 0 radical (unpaired) electrons. The van der Waals surface area contributed by atoms with E-state index in [0.717, 1.165) is 22.5 Å². The molecule has 0 saturated carbocycles. The van der Waals surface area contributed by atoms with Gasteiger partial charge in [0.25, 0.3) is 5.91 Å². The Hall–Kier alpha value is -2.55. The Bertz CT molecular complexity index is 954. The maximum Gasteiger partial charge on any atom is 0.266 e. The smallest absolute Gasteiger partial charge is 0.266 e. The number of anilines is 1. The molecule has 1 aliphatic heterocycles. The summed E-state index contributed by atoms with van der Waals surface area (Å²) in [5, 5.41) is 0.644. The van der Waals surface area contributed by atoms with E-state index in [9.17, 15) is 4.79 Å². The van der Waals surface area contributed by atoms with Crippen LogP contribution in [0.1, 0.15) is 0 Å². The number of para-hydroxylation sites is 1. The summed E-state index contributed by atoms with van der Waals surface area (Å²) < 4.78 is 17.9. The van der Waals surface area contributed by atoms with Crippen LogP contribution in [-0.2, 0) is 4.79 Å². The number of rotatable bonds is 7. The van der Waals surface area contributed by atoms with Crippen LogP contribution in [0.3, 0.4) is 0 Å². The molecule has 9 heteroatoms. The van der Waals surface area contributed by atoms with Crippen molar-refractivity contribution in [3.05, 3.63) is 42.5 Å². The van der Waals surface area contributed by atoms with Gasteiger partial charge < -0.3 is 19.1 Å². The number of hydrogen-bond donors (Lipinski definition) is 0. The van der Waals surface area contributed by atoms with E-state index in [1.807, 2.05) is 61.5 Å². The lowest BCUT2D eigenvalue weighted by Crippen LogP contribution is -2.39. The Morgan fingerprint density at radius 1 is 1.10 bits per heavy atom. The van der Waals surface area contributed by atoms with Crippen LogP contribution in [0.5, 0.6) is 17.2 Å². The molecule has 0 unspecified atom stereocenters. The molecular formula is C21H24ClN3O4S. The molecule has 4 rings (SSSR count). The molecule has 3 aromatic rings. The summed E-state index contributed by atoms with van der Waals surface area (Å²) in [5.74, 6) is 1.95. The van der Waals surface area contributed by atoms with E-state index in [1.165, 1.54) is 11.3 Å². The number of fused-ring (bicyclic) bond motifs is 2. The lowest BCUT2D eigenvalue weighted by Gasteiger charge is -2.22. The summed E-state index contributed by atoms with van der Waals surface area (Å²) in [5.41, 5.74) is 0.792. The molecule has 0 atom stereocenters. The molecule has 0 spiro atoms. The van der Waals surface area contributed by atoms with Gasteiger partial charge in [-0.1, -0.05) is 29.5 Å². The molecule has 160 valence electrons. The van der Waals surface area contributed by atoms with Gasteiger partial charge in [-0.05, 0) is 26.2 Å². The fourth-order valence-electron chi connectivity index (χ4n) is 2.93. The zero-order chi connectivity index (χ0) is 20.2. The van der Waals surface area contributed by atoms with Crippen molar-refractivity contribution < 1.29 is 19.0 Å². The molecule has 0 fully saturated rings. The summed E-state index contributed by atoms with van der Waals surface area (Å²) in [6.07, 6.45) is 0. The van der Waals surface area contributed by atoms with Gasteiger partial charge in [0.15, 0.2) is 23.2 Å². The predicted octanol–water partition coefficient (Wildman–Crippen LogP) is 3.46. The van der Waals surface area contributed by atoms with Crippen molar-refractivity contribution in [2.75, 3.05) is 51.9 Å². The Labute approximate surface area is 185 Å². The van der Waals surface area contributed by atoms with Crippen molar-refractivity contribution in [2.24, 2.45) is 0 Å². The molecule has 1 aromatic heterocycles. The third-order valence-electron chi connectivity index (χ3n) is 4.45. The predicted molar refractivity (Wildman–Crippen MR) is 121 cm³/mol. The summed E-state index contributed by atoms with van der Waals surface area (Å²) >= 11 is 1.46. The maximum absolute atomic E-state index is 13.0. The summed E-state index contributed by atoms with van der Waals surface area (Å²) in [6, 6.07) is 13.1. The topological polar surface area (TPSA) is 64.1 Å². The van der Waals surface area contributed by atoms with Gasteiger partial charge in [-0.15, -0.1) is 12.4 Å². The number of nitrogens with zero attached hydrogens (tertiary/aromatic N) is 3. The largest absolute Gasteiger partial charge is 0.486 e. The lowest BCUT2D eigenvalue weighted by molar-refractivity contribution is -0.120. The van der Waals surface area contributed by atoms with Crippen LogP contribution in [0.15, 0.2) is 42.5 Å². The fourth-order valence-corrected chi connectivity index (χ4v) is 3.95. The average molecular weight is 450 g/mol. The quantitative estimate of drug-likeness (QED) is 0.550. The van der Waals surface area contributed by atoms with E-state index >= 15 is 0 Å². The highest BCUT2D eigenvalue weighted by Crippen LogP contribution is 2.38.